The Balaban J connectivity index is 0.00000288. The van der Waals surface area contributed by atoms with Crippen molar-refractivity contribution in [2.24, 2.45) is 0 Å². The number of carbonyl (C=O) groups is 1. The largest absolute Gasteiger partial charge is 0.497 e. The highest BCUT2D eigenvalue weighted by atomic mass is 35.5. The number of nitrogens with one attached hydrogen (secondary N) is 2. The van der Waals surface area contributed by atoms with E-state index in [0.29, 0.717) is 19.0 Å². The first-order chi connectivity index (χ1) is 11.3. The number of amides is 1. The lowest BCUT2D eigenvalue weighted by atomic mass is 10.1. The van der Waals surface area contributed by atoms with Crippen LogP contribution in [0.5, 0.6) is 5.75 Å². The highest BCUT2D eigenvalue weighted by molar-refractivity contribution is 5.85. The van der Waals surface area contributed by atoms with Gasteiger partial charge in [0.15, 0.2) is 0 Å². The van der Waals surface area contributed by atoms with Crippen LogP contribution in [-0.4, -0.2) is 32.1 Å². The highest BCUT2D eigenvalue weighted by Gasteiger charge is 2.11. The Labute approximate surface area is 152 Å². The number of hydrogen-bond acceptors (Lipinski definition) is 3. The molecule has 4 nitrogen and oxygen atoms in total. The Bertz CT molecular complexity index is 474. The van der Waals surface area contributed by atoms with E-state index in [0.717, 1.165) is 24.3 Å². The number of methoxy groups -OCH3 is 1. The smallest absolute Gasteiger partial charge is 0.220 e. The Morgan fingerprint density at radius 1 is 1.17 bits per heavy atom. The van der Waals surface area contributed by atoms with E-state index in [2.05, 4.69) is 10.6 Å². The van der Waals surface area contributed by atoms with Gasteiger partial charge in [-0.15, -0.1) is 12.4 Å². The average Bonchev–Trinajstić information content (AvgIpc) is 2.86. The molecule has 0 spiro atoms. The molecule has 136 valence electrons. The zero-order chi connectivity index (χ0) is 16.3. The second-order valence-corrected chi connectivity index (χ2v) is 6.34. The molecule has 1 saturated carbocycles. The SMILES string of the molecule is COc1cccc(CCC(=O)NCCNC2CCCCCC2)c1.Cl. The monoisotopic (exact) mass is 354 g/mol. The molecule has 24 heavy (non-hydrogen) atoms. The molecule has 0 heterocycles. The Morgan fingerprint density at radius 3 is 2.62 bits per heavy atom. The van der Waals surface area contributed by atoms with Gasteiger partial charge in [-0.25, -0.2) is 0 Å². The predicted molar refractivity (Wildman–Crippen MR) is 101 cm³/mol. The molecule has 1 aliphatic rings. The molecule has 2 rings (SSSR count). The van der Waals surface area contributed by atoms with E-state index >= 15 is 0 Å². The van der Waals surface area contributed by atoms with Crippen LogP contribution in [0.1, 0.15) is 50.5 Å². The van der Waals surface area contributed by atoms with Crippen molar-refractivity contribution < 1.29 is 9.53 Å². The van der Waals surface area contributed by atoms with Crippen molar-refractivity contribution in [3.63, 3.8) is 0 Å². The number of aryl methyl sites for hydroxylation is 1. The normalized spacial score (nSPS) is 15.2. The van der Waals surface area contributed by atoms with Crippen molar-refractivity contribution in [2.75, 3.05) is 20.2 Å². The van der Waals surface area contributed by atoms with Gasteiger partial charge in [0.05, 0.1) is 7.11 Å². The molecule has 0 aromatic heterocycles. The third-order valence-corrected chi connectivity index (χ3v) is 4.51. The summed E-state index contributed by atoms with van der Waals surface area (Å²) in [4.78, 5) is 11.9. The van der Waals surface area contributed by atoms with Gasteiger partial charge >= 0.3 is 0 Å². The van der Waals surface area contributed by atoms with Crippen molar-refractivity contribution in [1.82, 2.24) is 10.6 Å². The molecule has 1 aromatic rings. The molecule has 0 saturated heterocycles. The van der Waals surface area contributed by atoms with Gasteiger partial charge in [0.25, 0.3) is 0 Å². The van der Waals surface area contributed by atoms with Crippen LogP contribution in [0.3, 0.4) is 0 Å². The summed E-state index contributed by atoms with van der Waals surface area (Å²) in [6.07, 6.45) is 9.26. The maximum atomic E-state index is 11.9. The Hall–Kier alpha value is -1.26. The molecular formula is C19H31ClN2O2. The van der Waals surface area contributed by atoms with E-state index < -0.39 is 0 Å². The van der Waals surface area contributed by atoms with Gasteiger partial charge in [0.1, 0.15) is 5.75 Å². The molecule has 0 bridgehead atoms. The van der Waals surface area contributed by atoms with Crippen LogP contribution in [0.4, 0.5) is 0 Å². The molecule has 0 radical (unpaired) electrons. The number of hydrogen-bond donors (Lipinski definition) is 2. The van der Waals surface area contributed by atoms with Crippen molar-refractivity contribution in [3.8, 4) is 5.75 Å². The fourth-order valence-corrected chi connectivity index (χ4v) is 3.14. The van der Waals surface area contributed by atoms with Gasteiger partial charge in [0.2, 0.25) is 5.91 Å². The third kappa shape index (κ3) is 8.02. The molecule has 2 N–H and O–H groups in total. The van der Waals surface area contributed by atoms with Gasteiger partial charge in [-0.05, 0) is 37.0 Å². The van der Waals surface area contributed by atoms with E-state index in [1.54, 1.807) is 7.11 Å². The van der Waals surface area contributed by atoms with Crippen molar-refractivity contribution >= 4 is 18.3 Å². The lowest BCUT2D eigenvalue weighted by Gasteiger charge is -2.16. The molecule has 0 unspecified atom stereocenters. The van der Waals surface area contributed by atoms with E-state index in [-0.39, 0.29) is 18.3 Å². The van der Waals surface area contributed by atoms with E-state index in [1.165, 1.54) is 38.5 Å². The van der Waals surface area contributed by atoms with Gasteiger partial charge in [-0.2, -0.15) is 0 Å². The summed E-state index contributed by atoms with van der Waals surface area (Å²) in [5.41, 5.74) is 1.14. The summed E-state index contributed by atoms with van der Waals surface area (Å²) in [5.74, 6) is 0.964. The molecule has 1 aromatic carbocycles. The quantitative estimate of drug-likeness (QED) is 0.555. The second-order valence-electron chi connectivity index (χ2n) is 6.34. The zero-order valence-corrected chi connectivity index (χ0v) is 15.5. The molecule has 1 fully saturated rings. The fraction of sp³-hybridized carbons (Fsp3) is 0.632. The van der Waals surface area contributed by atoms with Crippen LogP contribution in [-0.2, 0) is 11.2 Å². The van der Waals surface area contributed by atoms with Crippen LogP contribution in [0.2, 0.25) is 0 Å². The summed E-state index contributed by atoms with van der Waals surface area (Å²) in [7, 11) is 1.66. The first kappa shape index (κ1) is 20.8. The lowest BCUT2D eigenvalue weighted by Crippen LogP contribution is -2.36. The van der Waals surface area contributed by atoms with E-state index in [9.17, 15) is 4.79 Å². The minimum Gasteiger partial charge on any atom is -0.497 e. The fourth-order valence-electron chi connectivity index (χ4n) is 3.14. The predicted octanol–water partition coefficient (Wildman–Crippen LogP) is 3.48. The average molecular weight is 355 g/mol. The van der Waals surface area contributed by atoms with Gasteiger partial charge in [-0.3, -0.25) is 4.79 Å². The molecule has 1 amide bonds. The topological polar surface area (TPSA) is 50.4 Å². The van der Waals surface area contributed by atoms with Crippen LogP contribution in [0.15, 0.2) is 24.3 Å². The summed E-state index contributed by atoms with van der Waals surface area (Å²) in [6.45, 7) is 1.59. The van der Waals surface area contributed by atoms with Gasteiger partial charge in [0, 0.05) is 25.6 Å². The highest BCUT2D eigenvalue weighted by Crippen LogP contribution is 2.17. The van der Waals surface area contributed by atoms with Crippen LogP contribution < -0.4 is 15.4 Å². The molecule has 1 aliphatic carbocycles. The van der Waals surface area contributed by atoms with E-state index in [4.69, 9.17) is 4.74 Å². The minimum atomic E-state index is 0. The van der Waals surface area contributed by atoms with Crippen LogP contribution in [0, 0.1) is 0 Å². The summed E-state index contributed by atoms with van der Waals surface area (Å²) in [6, 6.07) is 8.54. The first-order valence-electron chi connectivity index (χ1n) is 8.91. The summed E-state index contributed by atoms with van der Waals surface area (Å²) in [5, 5.41) is 6.58. The molecular weight excluding hydrogens is 324 g/mol. The Kier molecular flexibility index (Phi) is 10.5. The second kappa shape index (κ2) is 12.2. The van der Waals surface area contributed by atoms with Crippen LogP contribution >= 0.6 is 12.4 Å². The molecule has 0 aliphatic heterocycles. The van der Waals surface area contributed by atoms with Crippen molar-refractivity contribution in [3.05, 3.63) is 29.8 Å². The van der Waals surface area contributed by atoms with Crippen LogP contribution in [0.25, 0.3) is 0 Å². The molecule has 5 heteroatoms. The van der Waals surface area contributed by atoms with Crippen molar-refractivity contribution in [1.29, 1.82) is 0 Å². The van der Waals surface area contributed by atoms with Crippen molar-refractivity contribution in [2.45, 2.75) is 57.4 Å². The van der Waals surface area contributed by atoms with Gasteiger partial charge in [-0.1, -0.05) is 37.8 Å². The number of benzene rings is 1. The number of carbonyl (C=O) groups excluding carboxylic acids is 1. The minimum absolute atomic E-state index is 0. The summed E-state index contributed by atoms with van der Waals surface area (Å²) >= 11 is 0. The maximum Gasteiger partial charge on any atom is 0.220 e. The third-order valence-electron chi connectivity index (χ3n) is 4.51. The number of halogens is 1. The Morgan fingerprint density at radius 2 is 1.92 bits per heavy atom. The van der Waals surface area contributed by atoms with Gasteiger partial charge < -0.3 is 15.4 Å². The maximum absolute atomic E-state index is 11.9. The molecule has 0 atom stereocenters. The number of rotatable bonds is 8. The zero-order valence-electron chi connectivity index (χ0n) is 14.7. The number of ether oxygens (including phenoxy) is 1. The van der Waals surface area contributed by atoms with E-state index in [1.807, 2.05) is 24.3 Å². The lowest BCUT2D eigenvalue weighted by molar-refractivity contribution is -0.121. The standard InChI is InChI=1S/C19H30N2O2.ClH/c1-23-18-10-6-7-16(15-18)11-12-19(22)21-14-13-20-17-8-4-2-3-5-9-17;/h6-7,10,15,17,20H,2-5,8-9,11-14H2,1H3,(H,21,22);1H. The summed E-state index contributed by atoms with van der Waals surface area (Å²) < 4.78 is 5.20. The first-order valence-corrected chi connectivity index (χ1v) is 8.91.